The first-order chi connectivity index (χ1) is 11.4. The molecule has 0 bridgehead atoms. The molecule has 0 spiro atoms. The third-order valence-corrected chi connectivity index (χ3v) is 4.50. The highest BCUT2D eigenvalue weighted by molar-refractivity contribution is 5.52. The molecule has 2 unspecified atom stereocenters. The van der Waals surface area contributed by atoms with Crippen molar-refractivity contribution in [2.75, 3.05) is 6.54 Å². The van der Waals surface area contributed by atoms with Gasteiger partial charge in [-0.05, 0) is 30.5 Å². The molecular formula is C18H19N5. The maximum Gasteiger partial charge on any atom is 0.182 e. The summed E-state index contributed by atoms with van der Waals surface area (Å²) in [6, 6.07) is 14.6. The number of aromatic nitrogens is 4. The fraction of sp³-hybridized carbons (Fsp3) is 0.278. The lowest BCUT2D eigenvalue weighted by molar-refractivity contribution is 0.368. The molecule has 2 aromatic heterocycles. The molecule has 2 atom stereocenters. The molecule has 4 rings (SSSR count). The van der Waals surface area contributed by atoms with Crippen molar-refractivity contribution in [3.05, 3.63) is 66.2 Å². The van der Waals surface area contributed by atoms with Crippen LogP contribution < -0.4 is 5.73 Å². The van der Waals surface area contributed by atoms with Crippen molar-refractivity contribution in [3.63, 3.8) is 0 Å². The fourth-order valence-electron chi connectivity index (χ4n) is 3.28. The van der Waals surface area contributed by atoms with Crippen LogP contribution >= 0.6 is 0 Å². The number of pyridine rings is 1. The van der Waals surface area contributed by atoms with Gasteiger partial charge in [-0.1, -0.05) is 30.3 Å². The van der Waals surface area contributed by atoms with Crippen molar-refractivity contribution >= 4 is 0 Å². The van der Waals surface area contributed by atoms with Gasteiger partial charge in [0.1, 0.15) is 5.82 Å². The highest BCUT2D eigenvalue weighted by Crippen LogP contribution is 2.36. The lowest BCUT2D eigenvalue weighted by atomic mass is 9.91. The molecular weight excluding hydrogens is 286 g/mol. The first-order valence-corrected chi connectivity index (χ1v) is 7.98. The Hall–Kier alpha value is -2.53. The molecule has 1 aliphatic heterocycles. The van der Waals surface area contributed by atoms with Crippen LogP contribution in [0.2, 0.25) is 0 Å². The number of benzene rings is 1. The minimum absolute atomic E-state index is 0.229. The summed E-state index contributed by atoms with van der Waals surface area (Å²) in [7, 11) is 0. The standard InChI is InChI=1S/C18H19N5/c19-11-14-8-9-16(13-5-2-1-3-6-13)23-18(14)21-17(22-23)15-7-4-10-20-12-15/h1-7,10,12,14,16H,8-9,11,19H2. The van der Waals surface area contributed by atoms with E-state index in [1.54, 1.807) is 12.4 Å². The van der Waals surface area contributed by atoms with Gasteiger partial charge in [-0.25, -0.2) is 9.67 Å². The van der Waals surface area contributed by atoms with E-state index in [9.17, 15) is 0 Å². The van der Waals surface area contributed by atoms with Crippen molar-refractivity contribution in [2.24, 2.45) is 5.73 Å². The summed E-state index contributed by atoms with van der Waals surface area (Å²) in [5.41, 5.74) is 8.17. The van der Waals surface area contributed by atoms with Crippen LogP contribution in [0.3, 0.4) is 0 Å². The lowest BCUT2D eigenvalue weighted by Gasteiger charge is -2.28. The number of rotatable bonds is 3. The topological polar surface area (TPSA) is 69.6 Å². The number of hydrogen-bond donors (Lipinski definition) is 1. The molecule has 1 aliphatic rings. The van der Waals surface area contributed by atoms with Crippen molar-refractivity contribution in [1.82, 2.24) is 19.7 Å². The fourth-order valence-corrected chi connectivity index (χ4v) is 3.28. The summed E-state index contributed by atoms with van der Waals surface area (Å²) in [5, 5.41) is 4.79. The number of fused-ring (bicyclic) bond motifs is 1. The Morgan fingerprint density at radius 3 is 2.70 bits per heavy atom. The highest BCUT2D eigenvalue weighted by atomic mass is 15.4. The second-order valence-electron chi connectivity index (χ2n) is 5.92. The predicted octanol–water partition coefficient (Wildman–Crippen LogP) is 2.77. The normalized spacial score (nSPS) is 20.2. The summed E-state index contributed by atoms with van der Waals surface area (Å²) < 4.78 is 2.07. The van der Waals surface area contributed by atoms with E-state index >= 15 is 0 Å². The number of nitrogens with zero attached hydrogens (tertiary/aromatic N) is 4. The van der Waals surface area contributed by atoms with Crippen LogP contribution in [-0.2, 0) is 0 Å². The Balaban J connectivity index is 1.80. The molecule has 1 aromatic carbocycles. The molecule has 116 valence electrons. The molecule has 0 saturated carbocycles. The van der Waals surface area contributed by atoms with Gasteiger partial charge in [0.05, 0.1) is 6.04 Å². The maximum atomic E-state index is 5.96. The van der Waals surface area contributed by atoms with Gasteiger partial charge in [-0.15, -0.1) is 0 Å². The molecule has 0 radical (unpaired) electrons. The highest BCUT2D eigenvalue weighted by Gasteiger charge is 2.30. The molecule has 0 fully saturated rings. The van der Waals surface area contributed by atoms with E-state index in [2.05, 4.69) is 33.9 Å². The molecule has 0 amide bonds. The Kier molecular flexibility index (Phi) is 3.63. The van der Waals surface area contributed by atoms with Crippen LogP contribution in [0.25, 0.3) is 11.4 Å². The van der Waals surface area contributed by atoms with Gasteiger partial charge < -0.3 is 5.73 Å². The Bertz CT molecular complexity index is 782. The van der Waals surface area contributed by atoms with Crippen LogP contribution in [-0.4, -0.2) is 26.3 Å². The van der Waals surface area contributed by atoms with Gasteiger partial charge in [0.2, 0.25) is 0 Å². The van der Waals surface area contributed by atoms with E-state index < -0.39 is 0 Å². The van der Waals surface area contributed by atoms with Crippen LogP contribution in [0, 0.1) is 0 Å². The van der Waals surface area contributed by atoms with Gasteiger partial charge >= 0.3 is 0 Å². The number of hydrogen-bond acceptors (Lipinski definition) is 4. The Morgan fingerprint density at radius 2 is 1.96 bits per heavy atom. The van der Waals surface area contributed by atoms with E-state index in [0.29, 0.717) is 6.54 Å². The molecule has 3 heterocycles. The average Bonchev–Trinajstić information content (AvgIpc) is 3.08. The van der Waals surface area contributed by atoms with Crippen molar-refractivity contribution < 1.29 is 0 Å². The monoisotopic (exact) mass is 305 g/mol. The molecule has 3 aromatic rings. The minimum atomic E-state index is 0.229. The zero-order valence-electron chi connectivity index (χ0n) is 12.8. The van der Waals surface area contributed by atoms with E-state index in [0.717, 1.165) is 30.1 Å². The number of nitrogens with two attached hydrogens (primary N) is 1. The maximum absolute atomic E-state index is 5.96. The summed E-state index contributed by atoms with van der Waals surface area (Å²) in [6.07, 6.45) is 5.64. The minimum Gasteiger partial charge on any atom is -0.330 e. The van der Waals surface area contributed by atoms with E-state index in [-0.39, 0.29) is 12.0 Å². The summed E-state index contributed by atoms with van der Waals surface area (Å²) in [6.45, 7) is 0.604. The SMILES string of the molecule is NCC1CCC(c2ccccc2)n2nc(-c3cccnc3)nc21. The van der Waals surface area contributed by atoms with Crippen LogP contribution in [0.15, 0.2) is 54.9 Å². The molecule has 0 aliphatic carbocycles. The van der Waals surface area contributed by atoms with Crippen LogP contribution in [0.4, 0.5) is 0 Å². The van der Waals surface area contributed by atoms with Gasteiger partial charge in [0, 0.05) is 30.4 Å². The Morgan fingerprint density at radius 1 is 1.09 bits per heavy atom. The van der Waals surface area contributed by atoms with Crippen LogP contribution in [0.5, 0.6) is 0 Å². The van der Waals surface area contributed by atoms with E-state index in [1.165, 1.54) is 5.56 Å². The van der Waals surface area contributed by atoms with Gasteiger partial charge in [0.25, 0.3) is 0 Å². The van der Waals surface area contributed by atoms with Crippen molar-refractivity contribution in [1.29, 1.82) is 0 Å². The zero-order valence-corrected chi connectivity index (χ0v) is 12.8. The van der Waals surface area contributed by atoms with Crippen molar-refractivity contribution in [2.45, 2.75) is 24.8 Å². The second kappa shape index (κ2) is 5.93. The molecule has 23 heavy (non-hydrogen) atoms. The predicted molar refractivity (Wildman–Crippen MR) is 88.9 cm³/mol. The molecule has 0 saturated heterocycles. The molecule has 5 heteroatoms. The van der Waals surface area contributed by atoms with Gasteiger partial charge in [-0.2, -0.15) is 5.10 Å². The molecule has 2 N–H and O–H groups in total. The van der Waals surface area contributed by atoms with E-state index in [1.807, 2.05) is 18.2 Å². The zero-order chi connectivity index (χ0) is 15.6. The third kappa shape index (κ3) is 2.53. The van der Waals surface area contributed by atoms with Gasteiger partial charge in [0.15, 0.2) is 5.82 Å². The van der Waals surface area contributed by atoms with Crippen molar-refractivity contribution in [3.8, 4) is 11.4 Å². The second-order valence-corrected chi connectivity index (χ2v) is 5.92. The summed E-state index contributed by atoms with van der Waals surface area (Å²) >= 11 is 0. The third-order valence-electron chi connectivity index (χ3n) is 4.50. The first kappa shape index (κ1) is 14.1. The first-order valence-electron chi connectivity index (χ1n) is 7.98. The van der Waals surface area contributed by atoms with Crippen LogP contribution in [0.1, 0.15) is 36.2 Å². The summed E-state index contributed by atoms with van der Waals surface area (Å²) in [4.78, 5) is 8.95. The largest absolute Gasteiger partial charge is 0.330 e. The van der Waals surface area contributed by atoms with E-state index in [4.69, 9.17) is 15.8 Å². The average molecular weight is 305 g/mol. The quantitative estimate of drug-likeness (QED) is 0.808. The van der Waals surface area contributed by atoms with Gasteiger partial charge in [-0.3, -0.25) is 4.98 Å². The lowest BCUT2D eigenvalue weighted by Crippen LogP contribution is -2.27. The smallest absolute Gasteiger partial charge is 0.182 e. The summed E-state index contributed by atoms with van der Waals surface area (Å²) in [5.74, 6) is 1.99. The molecule has 5 nitrogen and oxygen atoms in total. The Labute approximate surface area is 135 Å².